The van der Waals surface area contributed by atoms with E-state index in [2.05, 4.69) is 15.3 Å². The van der Waals surface area contributed by atoms with E-state index in [0.29, 0.717) is 6.42 Å². The average molecular weight is 354 g/mol. The molecule has 0 fully saturated rings. The first-order chi connectivity index (χ1) is 12.7. The van der Waals surface area contributed by atoms with E-state index >= 15 is 0 Å². The van der Waals surface area contributed by atoms with Crippen molar-refractivity contribution in [2.45, 2.75) is 25.7 Å². The minimum absolute atomic E-state index is 0.121. The van der Waals surface area contributed by atoms with Crippen LogP contribution in [0.25, 0.3) is 22.0 Å². The molecule has 6 heteroatoms. The van der Waals surface area contributed by atoms with Gasteiger partial charge in [-0.1, -0.05) is 6.42 Å². The van der Waals surface area contributed by atoms with Crippen molar-refractivity contribution in [3.63, 3.8) is 0 Å². The summed E-state index contributed by atoms with van der Waals surface area (Å²) < 4.78 is 13.3. The van der Waals surface area contributed by atoms with Crippen LogP contribution in [0.1, 0.15) is 25.7 Å². The Hall–Kier alpha value is -2.73. The molecule has 0 aliphatic carbocycles. The number of benzene rings is 1. The van der Waals surface area contributed by atoms with Crippen molar-refractivity contribution in [1.82, 2.24) is 9.97 Å². The molecule has 136 valence electrons. The topological polar surface area (TPSA) is 83.8 Å². The van der Waals surface area contributed by atoms with Gasteiger partial charge in [0.05, 0.1) is 6.54 Å². The fraction of sp³-hybridized carbons (Fsp3) is 0.300. The van der Waals surface area contributed by atoms with Crippen LogP contribution in [0.5, 0.6) is 0 Å². The van der Waals surface area contributed by atoms with Crippen LogP contribution in [0.2, 0.25) is 0 Å². The van der Waals surface area contributed by atoms with Gasteiger partial charge in [-0.15, -0.1) is 0 Å². The second-order valence-electron chi connectivity index (χ2n) is 6.30. The summed E-state index contributed by atoms with van der Waals surface area (Å²) in [5, 5.41) is 4.26. The molecule has 26 heavy (non-hydrogen) atoms. The largest absolute Gasteiger partial charge is 0.370 e. The van der Waals surface area contributed by atoms with E-state index in [0.717, 1.165) is 53.7 Å². The van der Waals surface area contributed by atoms with Crippen LogP contribution >= 0.6 is 0 Å². The van der Waals surface area contributed by atoms with Crippen molar-refractivity contribution in [1.29, 1.82) is 0 Å². The molecule has 3 rings (SSSR count). The van der Waals surface area contributed by atoms with Crippen molar-refractivity contribution in [2.75, 3.05) is 18.4 Å². The number of fused-ring (bicyclic) bond motifs is 1. The first-order valence-corrected chi connectivity index (χ1v) is 8.86. The smallest absolute Gasteiger partial charge is 0.146 e. The third-order valence-electron chi connectivity index (χ3n) is 4.38. The first-order valence-electron chi connectivity index (χ1n) is 8.86. The molecule has 0 atom stereocenters. The van der Waals surface area contributed by atoms with Crippen molar-refractivity contribution in [3.8, 4) is 11.1 Å². The number of halogens is 1. The molecule has 0 saturated heterocycles. The first kappa shape index (κ1) is 18.1. The maximum absolute atomic E-state index is 13.3. The second-order valence-corrected chi connectivity index (χ2v) is 6.30. The normalized spacial score (nSPS) is 11.0. The Labute approximate surface area is 151 Å². The van der Waals surface area contributed by atoms with Crippen LogP contribution in [0.4, 0.5) is 10.2 Å². The lowest BCUT2D eigenvalue weighted by Crippen LogP contribution is -2.12. The highest BCUT2D eigenvalue weighted by Gasteiger charge is 2.07. The molecule has 2 aromatic heterocycles. The number of unbranched alkanes of at least 4 members (excludes halogenated alkanes) is 2. The maximum atomic E-state index is 13.3. The standard InChI is InChI=1S/C20H23FN4O/c21-15-6-7-17-18(13-24-19(17)10-15)14-5-8-20(25-12-14)23-9-3-1-2-4-16(26)11-22/h5-8,10,12-13,24H,1-4,9,11,22H2,(H,23,25). The Morgan fingerprint density at radius 1 is 1.19 bits per heavy atom. The molecule has 1 aromatic carbocycles. The monoisotopic (exact) mass is 354 g/mol. The van der Waals surface area contributed by atoms with Crippen molar-refractivity contribution in [2.24, 2.45) is 5.73 Å². The van der Waals surface area contributed by atoms with Gasteiger partial charge in [0.25, 0.3) is 0 Å². The van der Waals surface area contributed by atoms with Gasteiger partial charge in [0, 0.05) is 47.4 Å². The van der Waals surface area contributed by atoms with E-state index in [1.54, 1.807) is 6.07 Å². The van der Waals surface area contributed by atoms with Gasteiger partial charge in [-0.2, -0.15) is 0 Å². The number of H-pyrrole nitrogens is 1. The van der Waals surface area contributed by atoms with Gasteiger partial charge in [-0.05, 0) is 43.2 Å². The summed E-state index contributed by atoms with van der Waals surface area (Å²) in [5.74, 6) is 0.684. The number of hydrogen-bond donors (Lipinski definition) is 3. The molecule has 0 spiro atoms. The van der Waals surface area contributed by atoms with E-state index in [9.17, 15) is 9.18 Å². The Morgan fingerprint density at radius 2 is 2.08 bits per heavy atom. The lowest BCUT2D eigenvalue weighted by molar-refractivity contribution is -0.117. The number of aromatic amines is 1. The summed E-state index contributed by atoms with van der Waals surface area (Å²) >= 11 is 0. The molecule has 4 N–H and O–H groups in total. The summed E-state index contributed by atoms with van der Waals surface area (Å²) in [6.45, 7) is 0.954. The third-order valence-corrected chi connectivity index (χ3v) is 4.38. The minimum Gasteiger partial charge on any atom is -0.370 e. The van der Waals surface area contributed by atoms with Crippen LogP contribution in [0.3, 0.4) is 0 Å². The number of carbonyl (C=O) groups is 1. The number of hydrogen-bond acceptors (Lipinski definition) is 4. The van der Waals surface area contributed by atoms with Crippen LogP contribution in [-0.4, -0.2) is 28.8 Å². The van der Waals surface area contributed by atoms with E-state index in [1.807, 2.05) is 24.5 Å². The van der Waals surface area contributed by atoms with Gasteiger partial charge < -0.3 is 16.0 Å². The lowest BCUT2D eigenvalue weighted by atomic mass is 10.1. The number of nitrogens with zero attached hydrogens (tertiary/aromatic N) is 1. The molecule has 0 aliphatic heterocycles. The molecule has 3 aromatic rings. The van der Waals surface area contributed by atoms with Gasteiger partial charge in [0.1, 0.15) is 17.4 Å². The molecular weight excluding hydrogens is 331 g/mol. The molecule has 0 amide bonds. The zero-order valence-corrected chi connectivity index (χ0v) is 14.6. The molecular formula is C20H23FN4O. The predicted octanol–water partition coefficient (Wildman–Crippen LogP) is 3.87. The van der Waals surface area contributed by atoms with Gasteiger partial charge in [0.2, 0.25) is 0 Å². The summed E-state index contributed by atoms with van der Waals surface area (Å²) in [6, 6.07) is 8.67. The van der Waals surface area contributed by atoms with Crippen LogP contribution in [0.15, 0.2) is 42.7 Å². The zero-order valence-electron chi connectivity index (χ0n) is 14.6. The van der Waals surface area contributed by atoms with Crippen molar-refractivity contribution >= 4 is 22.5 Å². The Bertz CT molecular complexity index is 873. The number of aromatic nitrogens is 2. The molecule has 0 aliphatic rings. The summed E-state index contributed by atoms with van der Waals surface area (Å²) in [7, 11) is 0. The number of Topliss-reactive ketones (excluding diaryl/α,β-unsaturated/α-hetero) is 1. The number of anilines is 1. The quantitative estimate of drug-likeness (QED) is 0.509. The number of pyridine rings is 1. The Kier molecular flexibility index (Phi) is 5.96. The molecule has 5 nitrogen and oxygen atoms in total. The van der Waals surface area contributed by atoms with Crippen molar-refractivity contribution in [3.05, 3.63) is 48.5 Å². The van der Waals surface area contributed by atoms with Crippen LogP contribution in [-0.2, 0) is 4.79 Å². The van der Waals surface area contributed by atoms with E-state index in [-0.39, 0.29) is 18.1 Å². The Morgan fingerprint density at radius 3 is 2.85 bits per heavy atom. The number of ketones is 1. The van der Waals surface area contributed by atoms with Gasteiger partial charge >= 0.3 is 0 Å². The molecule has 2 heterocycles. The number of nitrogens with one attached hydrogen (secondary N) is 2. The van der Waals surface area contributed by atoms with Gasteiger partial charge in [-0.3, -0.25) is 4.79 Å². The second kappa shape index (κ2) is 8.58. The van der Waals surface area contributed by atoms with Gasteiger partial charge in [-0.25, -0.2) is 9.37 Å². The molecule has 0 bridgehead atoms. The van der Waals surface area contributed by atoms with Crippen molar-refractivity contribution < 1.29 is 9.18 Å². The highest BCUT2D eigenvalue weighted by atomic mass is 19.1. The zero-order chi connectivity index (χ0) is 18.4. The molecule has 0 unspecified atom stereocenters. The molecule has 0 radical (unpaired) electrons. The average Bonchev–Trinajstić information content (AvgIpc) is 3.07. The fourth-order valence-corrected chi connectivity index (χ4v) is 2.94. The number of carbonyl (C=O) groups excluding carboxylic acids is 1. The van der Waals surface area contributed by atoms with E-state index in [1.165, 1.54) is 12.1 Å². The fourth-order valence-electron chi connectivity index (χ4n) is 2.94. The Balaban J connectivity index is 1.53. The van der Waals surface area contributed by atoms with Crippen LogP contribution < -0.4 is 11.1 Å². The van der Waals surface area contributed by atoms with Gasteiger partial charge in [0.15, 0.2) is 0 Å². The molecule has 0 saturated carbocycles. The highest BCUT2D eigenvalue weighted by Crippen LogP contribution is 2.29. The summed E-state index contributed by atoms with van der Waals surface area (Å²) in [6.07, 6.45) is 7.10. The summed E-state index contributed by atoms with van der Waals surface area (Å²) in [4.78, 5) is 18.7. The number of nitrogens with two attached hydrogens (primary N) is 1. The summed E-state index contributed by atoms with van der Waals surface area (Å²) in [5.41, 5.74) is 8.04. The van der Waals surface area contributed by atoms with E-state index < -0.39 is 0 Å². The maximum Gasteiger partial charge on any atom is 0.146 e. The predicted molar refractivity (Wildman–Crippen MR) is 103 cm³/mol. The highest BCUT2D eigenvalue weighted by molar-refractivity contribution is 5.95. The van der Waals surface area contributed by atoms with Crippen LogP contribution in [0, 0.1) is 5.82 Å². The van der Waals surface area contributed by atoms with E-state index in [4.69, 9.17) is 5.73 Å². The minimum atomic E-state index is -0.254. The lowest BCUT2D eigenvalue weighted by Gasteiger charge is -2.06. The SMILES string of the molecule is NCC(=O)CCCCCNc1ccc(-c2c[nH]c3cc(F)ccc23)cn1. The third kappa shape index (κ3) is 4.46. The number of rotatable bonds is 9.